The summed E-state index contributed by atoms with van der Waals surface area (Å²) in [7, 11) is 0. The molecule has 0 aliphatic rings. The molecule has 0 atom stereocenters. The van der Waals surface area contributed by atoms with E-state index in [9.17, 15) is 10.0 Å². The summed E-state index contributed by atoms with van der Waals surface area (Å²) in [5.41, 5.74) is 0. The van der Waals surface area contributed by atoms with E-state index in [0.717, 1.165) is 0 Å². The van der Waals surface area contributed by atoms with E-state index in [4.69, 9.17) is 0 Å². The molecule has 3 heteroatoms. The molecule has 1 N–H and O–H groups in total. The molecule has 0 fully saturated rings. The van der Waals surface area contributed by atoms with Gasteiger partial charge in [0.2, 0.25) is 0 Å². The Labute approximate surface area is 61.1 Å². The van der Waals surface area contributed by atoms with E-state index in [1.165, 1.54) is 20.1 Å². The summed E-state index contributed by atoms with van der Waals surface area (Å²) in [5, 5.41) is 11.0. The maximum Gasteiger partial charge on any atom is 0.152 e. The highest BCUT2D eigenvalue weighted by Gasteiger charge is 1.64. The Morgan fingerprint density at radius 3 is 2.20 bits per heavy atom. The fraction of sp³-hybridized carbons (Fsp3) is 0.429. The van der Waals surface area contributed by atoms with E-state index in [1.807, 2.05) is 0 Å². The molecule has 0 radical (unpaired) electrons. The molecular weight excluding hydrogens is 130 g/mol. The van der Waals surface area contributed by atoms with E-state index < -0.39 is 0 Å². The van der Waals surface area contributed by atoms with Crippen molar-refractivity contribution in [3.05, 3.63) is 17.9 Å². The van der Waals surface area contributed by atoms with Gasteiger partial charge in [-0.25, -0.2) is 5.16 Å². The minimum atomic E-state index is 0.167. The van der Waals surface area contributed by atoms with Crippen LogP contribution in [0.2, 0.25) is 0 Å². The van der Waals surface area contributed by atoms with Crippen molar-refractivity contribution in [2.75, 3.05) is 0 Å². The lowest BCUT2D eigenvalue weighted by Gasteiger charge is -1.72. The fourth-order valence-electron chi connectivity index (χ4n) is 0.131. The van der Waals surface area contributed by atoms with Gasteiger partial charge in [0.15, 0.2) is 6.21 Å². The van der Waals surface area contributed by atoms with Crippen molar-refractivity contribution in [1.82, 2.24) is 0 Å². The van der Waals surface area contributed by atoms with Crippen LogP contribution in [0.3, 0.4) is 0 Å². The first-order chi connectivity index (χ1) is 4.65. The van der Waals surface area contributed by atoms with E-state index in [0.29, 0.717) is 6.42 Å². The Kier molecular flexibility index (Phi) is 12.6. The van der Waals surface area contributed by atoms with Gasteiger partial charge in [0.1, 0.15) is 5.78 Å². The van der Waals surface area contributed by atoms with Gasteiger partial charge in [0.05, 0.1) is 0 Å². The van der Waals surface area contributed by atoms with Gasteiger partial charge in [-0.3, -0.25) is 0 Å². The summed E-state index contributed by atoms with van der Waals surface area (Å²) < 4.78 is 0. The standard InChI is InChI=1S/C4H7NO.C3H6O/c1-2-3-4-5-6;1-3(2)4/h2,4-5H,1,3H2;1-2H3. The zero-order valence-electron chi connectivity index (χ0n) is 6.39. The molecule has 0 unspecified atom stereocenters. The number of rotatable bonds is 2. The van der Waals surface area contributed by atoms with Crippen molar-refractivity contribution in [2.24, 2.45) is 0 Å². The lowest BCUT2D eigenvalue weighted by molar-refractivity contribution is -0.368. The number of carbonyl (C=O) groups is 1. The van der Waals surface area contributed by atoms with Crippen LogP contribution in [0.4, 0.5) is 0 Å². The number of Topliss-reactive ketones (excluding diaryl/α,β-unsaturated/α-hetero) is 1. The second-order valence-electron chi connectivity index (χ2n) is 1.75. The highest BCUT2D eigenvalue weighted by molar-refractivity contribution is 5.72. The molecule has 0 aromatic heterocycles. The third-order valence-electron chi connectivity index (χ3n) is 0.368. The Morgan fingerprint density at radius 2 is 2.10 bits per heavy atom. The van der Waals surface area contributed by atoms with Crippen molar-refractivity contribution >= 4 is 12.0 Å². The summed E-state index contributed by atoms with van der Waals surface area (Å²) in [6.45, 7) is 6.44. The van der Waals surface area contributed by atoms with Crippen molar-refractivity contribution in [3.8, 4) is 0 Å². The Hall–Kier alpha value is -1.12. The van der Waals surface area contributed by atoms with Gasteiger partial charge in [0.25, 0.3) is 0 Å². The highest BCUT2D eigenvalue weighted by Crippen LogP contribution is 1.62. The third-order valence-corrected chi connectivity index (χ3v) is 0.368. The van der Waals surface area contributed by atoms with Crippen LogP contribution in [0.25, 0.3) is 0 Å². The SMILES string of the molecule is C=CCC=[NH+][O-].CC(C)=O. The van der Waals surface area contributed by atoms with E-state index in [2.05, 4.69) is 6.58 Å². The maximum absolute atomic E-state index is 9.44. The van der Waals surface area contributed by atoms with Crippen LogP contribution in [-0.2, 0) is 4.79 Å². The van der Waals surface area contributed by atoms with Gasteiger partial charge < -0.3 is 10.0 Å². The average Bonchev–Trinajstić information content (AvgIpc) is 1.82. The molecule has 0 aliphatic heterocycles. The zero-order valence-corrected chi connectivity index (χ0v) is 6.39. The van der Waals surface area contributed by atoms with E-state index in [-0.39, 0.29) is 5.78 Å². The van der Waals surface area contributed by atoms with Gasteiger partial charge in [0, 0.05) is 6.42 Å². The first-order valence-electron chi connectivity index (χ1n) is 2.92. The molecule has 0 spiro atoms. The molecule has 58 valence electrons. The summed E-state index contributed by atoms with van der Waals surface area (Å²) in [6, 6.07) is 0. The van der Waals surface area contributed by atoms with Crippen molar-refractivity contribution in [1.29, 1.82) is 0 Å². The smallest absolute Gasteiger partial charge is 0.152 e. The number of carbonyl (C=O) groups excluding carboxylic acids is 1. The number of hydrogen-bond acceptors (Lipinski definition) is 2. The molecule has 0 saturated heterocycles. The second kappa shape index (κ2) is 10.8. The largest absolute Gasteiger partial charge is 0.626 e. The highest BCUT2D eigenvalue weighted by atomic mass is 16.4. The summed E-state index contributed by atoms with van der Waals surface area (Å²) in [4.78, 5) is 9.44. The van der Waals surface area contributed by atoms with Crippen molar-refractivity contribution < 1.29 is 9.95 Å². The molecule has 0 bridgehead atoms. The minimum absolute atomic E-state index is 0.167. The molecule has 0 rings (SSSR count). The quantitative estimate of drug-likeness (QED) is 0.252. The van der Waals surface area contributed by atoms with Gasteiger partial charge in [-0.2, -0.15) is 0 Å². The predicted octanol–water partition coefficient (Wildman–Crippen LogP) is -0.193. The van der Waals surface area contributed by atoms with Crippen LogP contribution in [-0.4, -0.2) is 12.0 Å². The Morgan fingerprint density at radius 1 is 1.70 bits per heavy atom. The fourth-order valence-corrected chi connectivity index (χ4v) is 0.131. The van der Waals surface area contributed by atoms with Gasteiger partial charge in [-0.1, -0.05) is 6.08 Å². The summed E-state index contributed by atoms with van der Waals surface area (Å²) in [5.74, 6) is 0.167. The molecule has 0 heterocycles. The topological polar surface area (TPSA) is 54.1 Å². The number of hydrogen-bond donors (Lipinski definition) is 1. The number of ketones is 1. The van der Waals surface area contributed by atoms with Gasteiger partial charge >= 0.3 is 0 Å². The Bertz CT molecular complexity index is 115. The first kappa shape index (κ1) is 11.6. The lowest BCUT2D eigenvalue weighted by atomic mass is 10.5. The van der Waals surface area contributed by atoms with E-state index in [1.54, 1.807) is 11.2 Å². The number of nitrogens with one attached hydrogen (secondary N) is 1. The summed E-state index contributed by atoms with van der Waals surface area (Å²) >= 11 is 0. The molecule has 10 heavy (non-hydrogen) atoms. The molecule has 0 saturated carbocycles. The number of allylic oxidation sites excluding steroid dienone is 1. The maximum atomic E-state index is 9.44. The third kappa shape index (κ3) is 67.3. The zero-order chi connectivity index (χ0) is 8.41. The molecule has 0 amide bonds. The van der Waals surface area contributed by atoms with Gasteiger partial charge in [-0.15, -0.1) is 6.58 Å². The average molecular weight is 143 g/mol. The summed E-state index contributed by atoms with van der Waals surface area (Å²) in [6.07, 6.45) is 3.65. The molecule has 0 aromatic carbocycles. The second-order valence-corrected chi connectivity index (χ2v) is 1.75. The van der Waals surface area contributed by atoms with Crippen LogP contribution < -0.4 is 5.16 Å². The monoisotopic (exact) mass is 143 g/mol. The lowest BCUT2D eigenvalue weighted by Crippen LogP contribution is -2.59. The minimum Gasteiger partial charge on any atom is -0.626 e. The molecule has 0 aliphatic carbocycles. The van der Waals surface area contributed by atoms with Crippen LogP contribution in [0, 0.1) is 5.21 Å². The van der Waals surface area contributed by atoms with Crippen LogP contribution in [0.1, 0.15) is 20.3 Å². The Balaban J connectivity index is 0. The van der Waals surface area contributed by atoms with Crippen LogP contribution in [0.15, 0.2) is 12.7 Å². The van der Waals surface area contributed by atoms with Crippen molar-refractivity contribution in [3.63, 3.8) is 0 Å². The molecule has 0 aromatic rings. The van der Waals surface area contributed by atoms with E-state index >= 15 is 0 Å². The predicted molar refractivity (Wildman–Crippen MR) is 41.6 cm³/mol. The molecular formula is C7H13NO2. The van der Waals surface area contributed by atoms with Crippen LogP contribution in [0.5, 0.6) is 0 Å². The first-order valence-corrected chi connectivity index (χ1v) is 2.92. The normalized spacial score (nSPS) is 8.20. The van der Waals surface area contributed by atoms with Crippen LogP contribution >= 0.6 is 0 Å². The molecule has 3 nitrogen and oxygen atoms in total. The van der Waals surface area contributed by atoms with Crippen molar-refractivity contribution in [2.45, 2.75) is 20.3 Å². The van der Waals surface area contributed by atoms with Gasteiger partial charge in [-0.05, 0) is 13.8 Å².